The number of nitrogens with one attached hydrogen (secondary N) is 1. The molecule has 3 aromatic rings. The summed E-state index contributed by atoms with van der Waals surface area (Å²) >= 11 is 1.28. The lowest BCUT2D eigenvalue weighted by atomic mass is 10.2. The van der Waals surface area contributed by atoms with Gasteiger partial charge in [-0.25, -0.2) is 9.37 Å². The van der Waals surface area contributed by atoms with Crippen LogP contribution in [0, 0.1) is 5.82 Å². The van der Waals surface area contributed by atoms with E-state index in [0.29, 0.717) is 15.9 Å². The van der Waals surface area contributed by atoms with Gasteiger partial charge in [0.1, 0.15) is 11.6 Å². The molecule has 0 bridgehead atoms. The van der Waals surface area contributed by atoms with Gasteiger partial charge in [0.15, 0.2) is 4.80 Å². The standard InChI is InChI=1S/C18H15FN4O2S/c1-12(24)21-16-10-13(6-7-20-16)17(25)22-18-23(8-9-26-18)11-14-4-2-3-5-15(14)19/h2-10H,11H2,1H3,(H,20,21,24). The maximum Gasteiger partial charge on any atom is 0.279 e. The first kappa shape index (κ1) is 17.7. The molecule has 0 saturated carbocycles. The predicted octanol–water partition coefficient (Wildman–Crippen LogP) is 2.83. The van der Waals surface area contributed by atoms with Gasteiger partial charge in [-0.2, -0.15) is 4.99 Å². The Kier molecular flexibility index (Phi) is 5.33. The summed E-state index contributed by atoms with van der Waals surface area (Å²) in [5.41, 5.74) is 0.811. The summed E-state index contributed by atoms with van der Waals surface area (Å²) in [5, 5.41) is 4.30. The van der Waals surface area contributed by atoms with E-state index in [2.05, 4.69) is 15.3 Å². The van der Waals surface area contributed by atoms with Crippen LogP contribution in [-0.2, 0) is 11.3 Å². The number of nitrogens with zero attached hydrogens (tertiary/aromatic N) is 3. The van der Waals surface area contributed by atoms with E-state index < -0.39 is 5.91 Å². The third-order valence-corrected chi connectivity index (χ3v) is 4.26. The smallest absolute Gasteiger partial charge is 0.279 e. The zero-order chi connectivity index (χ0) is 18.5. The Bertz CT molecular complexity index is 1030. The Balaban J connectivity index is 1.87. The molecule has 8 heteroatoms. The Labute approximate surface area is 152 Å². The number of carbonyl (C=O) groups is 2. The molecule has 0 radical (unpaired) electrons. The van der Waals surface area contributed by atoms with Crippen molar-refractivity contribution in [1.82, 2.24) is 9.55 Å². The molecule has 0 fully saturated rings. The third-order valence-electron chi connectivity index (χ3n) is 3.47. The molecule has 3 rings (SSSR count). The van der Waals surface area contributed by atoms with Crippen LogP contribution < -0.4 is 10.1 Å². The van der Waals surface area contributed by atoms with E-state index >= 15 is 0 Å². The number of hydrogen-bond acceptors (Lipinski definition) is 4. The largest absolute Gasteiger partial charge is 0.319 e. The van der Waals surface area contributed by atoms with E-state index in [9.17, 15) is 14.0 Å². The minimum Gasteiger partial charge on any atom is -0.319 e. The average Bonchev–Trinajstić information content (AvgIpc) is 3.03. The highest BCUT2D eigenvalue weighted by Gasteiger charge is 2.08. The number of carbonyl (C=O) groups excluding carboxylic acids is 2. The molecule has 0 atom stereocenters. The lowest BCUT2D eigenvalue weighted by Gasteiger charge is -2.05. The summed E-state index contributed by atoms with van der Waals surface area (Å²) in [5.74, 6) is -0.773. The molecule has 0 aliphatic carbocycles. The molecule has 0 spiro atoms. The molecular formula is C18H15FN4O2S. The second-order valence-corrected chi connectivity index (χ2v) is 6.31. The van der Waals surface area contributed by atoms with Crippen molar-refractivity contribution in [1.29, 1.82) is 0 Å². The first-order valence-electron chi connectivity index (χ1n) is 7.73. The number of pyridine rings is 1. The van der Waals surface area contributed by atoms with Crippen LogP contribution in [0.4, 0.5) is 10.2 Å². The van der Waals surface area contributed by atoms with E-state index in [1.807, 2.05) is 0 Å². The first-order chi connectivity index (χ1) is 12.5. The highest BCUT2D eigenvalue weighted by molar-refractivity contribution is 7.07. The molecule has 26 heavy (non-hydrogen) atoms. The van der Waals surface area contributed by atoms with E-state index in [1.54, 1.807) is 34.3 Å². The van der Waals surface area contributed by atoms with Crippen molar-refractivity contribution in [2.24, 2.45) is 4.99 Å². The number of amides is 2. The van der Waals surface area contributed by atoms with Crippen molar-refractivity contribution in [3.05, 3.63) is 75.9 Å². The molecule has 0 unspecified atom stereocenters. The monoisotopic (exact) mass is 370 g/mol. The van der Waals surface area contributed by atoms with Gasteiger partial charge in [-0.15, -0.1) is 11.3 Å². The highest BCUT2D eigenvalue weighted by atomic mass is 32.1. The fourth-order valence-electron chi connectivity index (χ4n) is 2.28. The zero-order valence-electron chi connectivity index (χ0n) is 13.8. The molecule has 1 aromatic carbocycles. The summed E-state index contributed by atoms with van der Waals surface area (Å²) in [6.45, 7) is 1.63. The number of aromatic nitrogens is 2. The molecule has 2 amide bonds. The Morgan fingerprint density at radius 3 is 2.88 bits per heavy atom. The topological polar surface area (TPSA) is 76.3 Å². The Morgan fingerprint density at radius 1 is 1.31 bits per heavy atom. The van der Waals surface area contributed by atoms with Crippen molar-refractivity contribution in [2.75, 3.05) is 5.32 Å². The van der Waals surface area contributed by atoms with E-state index in [-0.39, 0.29) is 24.1 Å². The molecule has 132 valence electrons. The van der Waals surface area contributed by atoms with Crippen molar-refractivity contribution in [2.45, 2.75) is 13.5 Å². The van der Waals surface area contributed by atoms with E-state index in [4.69, 9.17) is 0 Å². The normalized spacial score (nSPS) is 11.4. The highest BCUT2D eigenvalue weighted by Crippen LogP contribution is 2.10. The van der Waals surface area contributed by atoms with Crippen LogP contribution in [0.2, 0.25) is 0 Å². The summed E-state index contributed by atoms with van der Waals surface area (Å²) in [6.07, 6.45) is 3.17. The lowest BCUT2D eigenvalue weighted by molar-refractivity contribution is -0.114. The molecule has 0 aliphatic rings. The molecule has 0 saturated heterocycles. The van der Waals surface area contributed by atoms with Crippen LogP contribution in [0.25, 0.3) is 0 Å². The predicted molar refractivity (Wildman–Crippen MR) is 96.2 cm³/mol. The summed E-state index contributed by atoms with van der Waals surface area (Å²) in [6, 6.07) is 9.45. The van der Waals surface area contributed by atoms with Gasteiger partial charge in [0.25, 0.3) is 5.91 Å². The molecule has 2 aromatic heterocycles. The van der Waals surface area contributed by atoms with Crippen LogP contribution in [-0.4, -0.2) is 21.4 Å². The maximum atomic E-state index is 13.8. The number of anilines is 1. The summed E-state index contributed by atoms with van der Waals surface area (Å²) in [4.78, 5) is 32.1. The van der Waals surface area contributed by atoms with E-state index in [1.165, 1.54) is 42.7 Å². The maximum absolute atomic E-state index is 13.8. The fourth-order valence-corrected chi connectivity index (χ4v) is 3.01. The number of thiazole rings is 1. The van der Waals surface area contributed by atoms with Gasteiger partial charge in [0, 0.05) is 35.8 Å². The van der Waals surface area contributed by atoms with Gasteiger partial charge >= 0.3 is 0 Å². The number of rotatable bonds is 4. The zero-order valence-corrected chi connectivity index (χ0v) is 14.7. The molecule has 0 aliphatic heterocycles. The van der Waals surface area contributed by atoms with Crippen molar-refractivity contribution in [3.8, 4) is 0 Å². The third kappa shape index (κ3) is 4.28. The second-order valence-electron chi connectivity index (χ2n) is 5.43. The molecular weight excluding hydrogens is 355 g/mol. The number of halogens is 1. The molecule has 1 N–H and O–H groups in total. The van der Waals surface area contributed by atoms with Crippen LogP contribution in [0.5, 0.6) is 0 Å². The quantitative estimate of drug-likeness (QED) is 0.767. The van der Waals surface area contributed by atoms with Gasteiger partial charge in [0.2, 0.25) is 5.91 Å². The lowest BCUT2D eigenvalue weighted by Crippen LogP contribution is -2.17. The van der Waals surface area contributed by atoms with E-state index in [0.717, 1.165) is 0 Å². The summed E-state index contributed by atoms with van der Waals surface area (Å²) < 4.78 is 15.5. The van der Waals surface area contributed by atoms with Gasteiger partial charge < -0.3 is 9.88 Å². The minimum absolute atomic E-state index is 0.274. The van der Waals surface area contributed by atoms with Crippen LogP contribution in [0.1, 0.15) is 22.8 Å². The van der Waals surface area contributed by atoms with Crippen molar-refractivity contribution in [3.63, 3.8) is 0 Å². The van der Waals surface area contributed by atoms with Gasteiger partial charge in [-0.1, -0.05) is 18.2 Å². The van der Waals surface area contributed by atoms with Gasteiger partial charge in [-0.3, -0.25) is 9.59 Å². The molecule has 2 heterocycles. The fraction of sp³-hybridized carbons (Fsp3) is 0.111. The van der Waals surface area contributed by atoms with Crippen LogP contribution in [0.15, 0.2) is 59.2 Å². The van der Waals surface area contributed by atoms with Crippen molar-refractivity contribution < 1.29 is 14.0 Å². The van der Waals surface area contributed by atoms with Crippen molar-refractivity contribution >= 4 is 29.0 Å². The second kappa shape index (κ2) is 7.83. The van der Waals surface area contributed by atoms with Gasteiger partial charge in [0.05, 0.1) is 6.54 Å². The first-order valence-corrected chi connectivity index (χ1v) is 8.61. The van der Waals surface area contributed by atoms with Crippen LogP contribution >= 0.6 is 11.3 Å². The molecule has 6 nitrogen and oxygen atoms in total. The van der Waals surface area contributed by atoms with Gasteiger partial charge in [-0.05, 0) is 18.2 Å². The average molecular weight is 370 g/mol. The Morgan fingerprint density at radius 2 is 2.12 bits per heavy atom. The Hall–Kier alpha value is -3.13. The number of benzene rings is 1. The van der Waals surface area contributed by atoms with Crippen LogP contribution in [0.3, 0.4) is 0 Å². The SMILES string of the molecule is CC(=O)Nc1cc(C(=O)N=c2sccn2Cc2ccccc2F)ccn1. The summed E-state index contributed by atoms with van der Waals surface area (Å²) in [7, 11) is 0. The minimum atomic E-state index is -0.469. The number of hydrogen-bond donors (Lipinski definition) is 1.